The number of benzene rings is 1. The highest BCUT2D eigenvalue weighted by Crippen LogP contribution is 2.27. The van der Waals surface area contributed by atoms with E-state index >= 15 is 0 Å². The quantitative estimate of drug-likeness (QED) is 0.654. The summed E-state index contributed by atoms with van der Waals surface area (Å²) in [7, 11) is 1.66. The molecule has 96 valence electrons. The Labute approximate surface area is 118 Å². The Morgan fingerprint density at radius 2 is 2.39 bits per heavy atom. The van der Waals surface area contributed by atoms with Gasteiger partial charge in [-0.2, -0.15) is 0 Å². The third kappa shape index (κ3) is 3.08. The van der Waals surface area contributed by atoms with Crippen molar-refractivity contribution in [2.24, 2.45) is 5.84 Å². The van der Waals surface area contributed by atoms with Crippen LogP contribution >= 0.6 is 27.3 Å². The molecule has 0 amide bonds. The molecule has 6 heteroatoms. The van der Waals surface area contributed by atoms with Crippen LogP contribution in [0.4, 0.5) is 0 Å². The molecule has 1 heterocycles. The highest BCUT2D eigenvalue weighted by molar-refractivity contribution is 9.10. The molecule has 0 saturated heterocycles. The van der Waals surface area contributed by atoms with Gasteiger partial charge in [-0.3, -0.25) is 11.3 Å². The van der Waals surface area contributed by atoms with Crippen LogP contribution in [0, 0.1) is 0 Å². The van der Waals surface area contributed by atoms with Crippen molar-refractivity contribution < 1.29 is 4.74 Å². The topological polar surface area (TPSA) is 60.2 Å². The monoisotopic (exact) mass is 327 g/mol. The number of nitrogens with two attached hydrogens (primary N) is 1. The summed E-state index contributed by atoms with van der Waals surface area (Å²) in [4.78, 5) is 4.29. The summed E-state index contributed by atoms with van der Waals surface area (Å²) in [5.41, 5.74) is 6.69. The summed E-state index contributed by atoms with van der Waals surface area (Å²) in [5, 5.41) is 2.00. The van der Waals surface area contributed by atoms with Crippen LogP contribution in [0.15, 0.2) is 33.6 Å². The van der Waals surface area contributed by atoms with Crippen molar-refractivity contribution in [3.05, 3.63) is 44.8 Å². The molecule has 2 aromatic rings. The molecule has 1 unspecified atom stereocenters. The van der Waals surface area contributed by atoms with Gasteiger partial charge in [-0.05, 0) is 30.2 Å². The van der Waals surface area contributed by atoms with Gasteiger partial charge in [0, 0.05) is 9.85 Å². The van der Waals surface area contributed by atoms with E-state index in [-0.39, 0.29) is 6.04 Å². The van der Waals surface area contributed by atoms with Crippen LogP contribution in [0.5, 0.6) is 5.75 Å². The number of nitrogens with zero attached hydrogens (tertiary/aromatic N) is 1. The van der Waals surface area contributed by atoms with Crippen molar-refractivity contribution in [1.82, 2.24) is 10.4 Å². The predicted octanol–water partition coefficient (Wildman–Crippen LogP) is 2.66. The molecule has 0 spiro atoms. The molecule has 0 aliphatic heterocycles. The Kier molecular flexibility index (Phi) is 4.71. The van der Waals surface area contributed by atoms with Crippen molar-refractivity contribution in [3.8, 4) is 5.75 Å². The highest BCUT2D eigenvalue weighted by Gasteiger charge is 2.14. The lowest BCUT2D eigenvalue weighted by atomic mass is 10.0. The molecule has 0 aliphatic carbocycles. The van der Waals surface area contributed by atoms with Crippen molar-refractivity contribution >= 4 is 27.3 Å². The van der Waals surface area contributed by atoms with Crippen molar-refractivity contribution in [2.75, 3.05) is 7.11 Å². The molecule has 1 atom stereocenters. The van der Waals surface area contributed by atoms with E-state index in [1.165, 1.54) is 0 Å². The fourth-order valence-electron chi connectivity index (χ4n) is 1.70. The number of methoxy groups -OCH3 is 1. The first-order valence-electron chi connectivity index (χ1n) is 5.41. The van der Waals surface area contributed by atoms with E-state index in [1.54, 1.807) is 24.0 Å². The SMILES string of the molecule is COc1ccc(Br)c(CC(NN)c2cscn2)c1. The van der Waals surface area contributed by atoms with E-state index in [9.17, 15) is 0 Å². The normalized spacial score (nSPS) is 12.4. The zero-order chi connectivity index (χ0) is 13.0. The molecular weight excluding hydrogens is 314 g/mol. The molecule has 0 fully saturated rings. The summed E-state index contributed by atoms with van der Waals surface area (Å²) < 4.78 is 6.27. The van der Waals surface area contributed by atoms with Gasteiger partial charge >= 0.3 is 0 Å². The Morgan fingerprint density at radius 1 is 1.56 bits per heavy atom. The van der Waals surface area contributed by atoms with Gasteiger partial charge in [-0.1, -0.05) is 15.9 Å². The van der Waals surface area contributed by atoms with Crippen LogP contribution in [0.1, 0.15) is 17.3 Å². The molecule has 18 heavy (non-hydrogen) atoms. The number of rotatable bonds is 5. The van der Waals surface area contributed by atoms with Gasteiger partial charge in [0.15, 0.2) is 0 Å². The van der Waals surface area contributed by atoms with Crippen molar-refractivity contribution in [2.45, 2.75) is 12.5 Å². The molecule has 0 saturated carbocycles. The van der Waals surface area contributed by atoms with Crippen LogP contribution in [0.25, 0.3) is 0 Å². The standard InChI is InChI=1S/C12H14BrN3OS/c1-17-9-2-3-10(13)8(4-9)5-11(16-14)12-6-18-7-15-12/h2-4,6-7,11,16H,5,14H2,1H3. The summed E-state index contributed by atoms with van der Waals surface area (Å²) in [6.45, 7) is 0. The van der Waals surface area contributed by atoms with Gasteiger partial charge in [-0.25, -0.2) is 4.98 Å². The lowest BCUT2D eigenvalue weighted by Crippen LogP contribution is -2.29. The molecular formula is C12H14BrN3OS. The first-order chi connectivity index (χ1) is 8.74. The van der Waals surface area contributed by atoms with Gasteiger partial charge in [0.1, 0.15) is 5.75 Å². The third-order valence-electron chi connectivity index (χ3n) is 2.69. The largest absolute Gasteiger partial charge is 0.497 e. The molecule has 1 aromatic heterocycles. The van der Waals surface area contributed by atoms with E-state index in [1.807, 2.05) is 23.6 Å². The van der Waals surface area contributed by atoms with Crippen LogP contribution in [-0.2, 0) is 6.42 Å². The van der Waals surface area contributed by atoms with Crippen molar-refractivity contribution in [1.29, 1.82) is 0 Å². The maximum Gasteiger partial charge on any atom is 0.119 e. The average Bonchev–Trinajstić information content (AvgIpc) is 2.91. The number of aromatic nitrogens is 1. The fourth-order valence-corrected chi connectivity index (χ4v) is 2.71. The molecule has 0 radical (unpaired) electrons. The van der Waals surface area contributed by atoms with Crippen LogP contribution < -0.4 is 16.0 Å². The van der Waals surface area contributed by atoms with Crippen LogP contribution in [0.3, 0.4) is 0 Å². The zero-order valence-electron chi connectivity index (χ0n) is 9.89. The maximum atomic E-state index is 5.60. The minimum Gasteiger partial charge on any atom is -0.497 e. The first-order valence-corrected chi connectivity index (χ1v) is 7.14. The lowest BCUT2D eigenvalue weighted by Gasteiger charge is -2.15. The minimum absolute atomic E-state index is 0.000318. The lowest BCUT2D eigenvalue weighted by molar-refractivity contribution is 0.413. The highest BCUT2D eigenvalue weighted by atomic mass is 79.9. The Bertz CT molecular complexity index is 504. The van der Waals surface area contributed by atoms with Crippen LogP contribution in [-0.4, -0.2) is 12.1 Å². The molecule has 0 bridgehead atoms. The average molecular weight is 328 g/mol. The predicted molar refractivity (Wildman–Crippen MR) is 76.6 cm³/mol. The first kappa shape index (κ1) is 13.5. The summed E-state index contributed by atoms with van der Waals surface area (Å²) in [6.07, 6.45) is 0.748. The van der Waals surface area contributed by atoms with Gasteiger partial charge in [0.05, 0.1) is 24.4 Å². The van der Waals surface area contributed by atoms with Gasteiger partial charge in [-0.15, -0.1) is 11.3 Å². The number of hydrogen-bond acceptors (Lipinski definition) is 5. The maximum absolute atomic E-state index is 5.60. The van der Waals surface area contributed by atoms with Gasteiger partial charge < -0.3 is 4.74 Å². The van der Waals surface area contributed by atoms with E-state index in [2.05, 4.69) is 26.3 Å². The molecule has 2 rings (SSSR count). The molecule has 4 nitrogen and oxygen atoms in total. The summed E-state index contributed by atoms with van der Waals surface area (Å²) >= 11 is 5.10. The summed E-state index contributed by atoms with van der Waals surface area (Å²) in [6, 6.07) is 5.89. The van der Waals surface area contributed by atoms with E-state index < -0.39 is 0 Å². The van der Waals surface area contributed by atoms with Gasteiger partial charge in [0.25, 0.3) is 0 Å². The number of halogens is 1. The fraction of sp³-hybridized carbons (Fsp3) is 0.250. The Balaban J connectivity index is 2.21. The molecule has 0 aliphatic rings. The number of hydrogen-bond donors (Lipinski definition) is 2. The van der Waals surface area contributed by atoms with Gasteiger partial charge in [0.2, 0.25) is 0 Å². The Hall–Kier alpha value is -0.950. The smallest absolute Gasteiger partial charge is 0.119 e. The van der Waals surface area contributed by atoms with E-state index in [0.29, 0.717) is 0 Å². The van der Waals surface area contributed by atoms with Crippen LogP contribution in [0.2, 0.25) is 0 Å². The number of thiazole rings is 1. The van der Waals surface area contributed by atoms with E-state index in [4.69, 9.17) is 10.6 Å². The second-order valence-electron chi connectivity index (χ2n) is 3.79. The van der Waals surface area contributed by atoms with E-state index in [0.717, 1.165) is 27.9 Å². The second kappa shape index (κ2) is 6.29. The summed E-state index contributed by atoms with van der Waals surface area (Å²) in [5.74, 6) is 6.44. The Morgan fingerprint density at radius 3 is 3.00 bits per heavy atom. The third-order valence-corrected chi connectivity index (χ3v) is 4.06. The minimum atomic E-state index is -0.000318. The number of ether oxygens (including phenoxy) is 1. The van der Waals surface area contributed by atoms with Crippen molar-refractivity contribution in [3.63, 3.8) is 0 Å². The second-order valence-corrected chi connectivity index (χ2v) is 5.37. The molecule has 1 aromatic carbocycles. The zero-order valence-corrected chi connectivity index (χ0v) is 12.3. The molecule has 3 N–H and O–H groups in total. The number of hydrazine groups is 1. The number of nitrogens with one attached hydrogen (secondary N) is 1.